The summed E-state index contributed by atoms with van der Waals surface area (Å²) in [5.41, 5.74) is 2.26. The summed E-state index contributed by atoms with van der Waals surface area (Å²) in [5.74, 6) is 1.56. The van der Waals surface area contributed by atoms with E-state index < -0.39 is 0 Å². The number of aromatic nitrogens is 5. The SMILES string of the molecule is C=CCn1cc(CN[C@@H](CC(C)C)c2ncnn2C)c(C)n1. The lowest BCUT2D eigenvalue weighted by Crippen LogP contribution is -2.25. The van der Waals surface area contributed by atoms with Gasteiger partial charge in [-0.3, -0.25) is 9.36 Å². The number of hydrogen-bond donors (Lipinski definition) is 1. The van der Waals surface area contributed by atoms with Crippen molar-refractivity contribution in [2.75, 3.05) is 0 Å². The molecule has 0 spiro atoms. The first kappa shape index (κ1) is 16.4. The van der Waals surface area contributed by atoms with E-state index in [0.717, 1.165) is 31.0 Å². The standard InChI is InChI=1S/C16H26N6/c1-6-7-22-10-14(13(4)20-22)9-17-15(8-12(2)3)16-18-11-19-21(16)5/h6,10-12,15,17H,1,7-9H2,2-5H3/t15-/m0/s1. The minimum absolute atomic E-state index is 0.189. The largest absolute Gasteiger partial charge is 0.303 e. The van der Waals surface area contributed by atoms with Gasteiger partial charge < -0.3 is 5.32 Å². The fourth-order valence-electron chi connectivity index (χ4n) is 2.56. The number of aryl methyl sites for hydroxylation is 2. The Hall–Kier alpha value is -1.95. The van der Waals surface area contributed by atoms with Crippen LogP contribution in [0.4, 0.5) is 0 Å². The molecular formula is C16H26N6. The Morgan fingerprint density at radius 3 is 2.77 bits per heavy atom. The van der Waals surface area contributed by atoms with Crippen LogP contribution in [0.1, 0.15) is 43.4 Å². The fraction of sp³-hybridized carbons (Fsp3) is 0.562. The van der Waals surface area contributed by atoms with Crippen molar-refractivity contribution in [3.8, 4) is 0 Å². The van der Waals surface area contributed by atoms with Gasteiger partial charge in [0.15, 0.2) is 0 Å². The van der Waals surface area contributed by atoms with Gasteiger partial charge in [-0.05, 0) is 19.3 Å². The molecule has 0 bridgehead atoms. The highest BCUT2D eigenvalue weighted by Gasteiger charge is 2.18. The van der Waals surface area contributed by atoms with Crippen LogP contribution >= 0.6 is 0 Å². The fourth-order valence-corrected chi connectivity index (χ4v) is 2.56. The van der Waals surface area contributed by atoms with E-state index in [1.807, 2.05) is 29.4 Å². The third-order valence-corrected chi connectivity index (χ3v) is 3.67. The maximum absolute atomic E-state index is 4.49. The smallest absolute Gasteiger partial charge is 0.143 e. The Kier molecular flexibility index (Phi) is 5.49. The van der Waals surface area contributed by atoms with Crippen molar-refractivity contribution in [1.29, 1.82) is 0 Å². The van der Waals surface area contributed by atoms with Crippen LogP contribution in [-0.2, 0) is 20.1 Å². The van der Waals surface area contributed by atoms with Crippen LogP contribution in [0.3, 0.4) is 0 Å². The monoisotopic (exact) mass is 302 g/mol. The van der Waals surface area contributed by atoms with E-state index in [9.17, 15) is 0 Å². The van der Waals surface area contributed by atoms with Crippen LogP contribution in [0.15, 0.2) is 25.2 Å². The minimum atomic E-state index is 0.189. The van der Waals surface area contributed by atoms with Gasteiger partial charge in [0.05, 0.1) is 18.3 Å². The van der Waals surface area contributed by atoms with Crippen molar-refractivity contribution < 1.29 is 0 Å². The Labute approximate surface area is 132 Å². The second-order valence-electron chi connectivity index (χ2n) is 6.06. The van der Waals surface area contributed by atoms with E-state index in [1.165, 1.54) is 5.56 Å². The van der Waals surface area contributed by atoms with Gasteiger partial charge in [0, 0.05) is 25.4 Å². The van der Waals surface area contributed by atoms with E-state index in [2.05, 4.69) is 47.1 Å². The second-order valence-corrected chi connectivity index (χ2v) is 6.06. The van der Waals surface area contributed by atoms with Crippen molar-refractivity contribution in [2.45, 2.75) is 46.3 Å². The molecule has 120 valence electrons. The summed E-state index contributed by atoms with van der Waals surface area (Å²) in [6.07, 6.45) is 6.56. The molecule has 6 nitrogen and oxygen atoms in total. The molecule has 0 fully saturated rings. The average molecular weight is 302 g/mol. The number of nitrogens with one attached hydrogen (secondary N) is 1. The van der Waals surface area contributed by atoms with Gasteiger partial charge in [-0.25, -0.2) is 4.98 Å². The summed E-state index contributed by atoms with van der Waals surface area (Å²) in [6.45, 7) is 11.7. The van der Waals surface area contributed by atoms with E-state index >= 15 is 0 Å². The quantitative estimate of drug-likeness (QED) is 0.761. The molecule has 1 N–H and O–H groups in total. The summed E-state index contributed by atoms with van der Waals surface area (Å²) in [7, 11) is 1.94. The van der Waals surface area contributed by atoms with E-state index in [-0.39, 0.29) is 6.04 Å². The van der Waals surface area contributed by atoms with Crippen LogP contribution < -0.4 is 5.32 Å². The molecule has 22 heavy (non-hydrogen) atoms. The lowest BCUT2D eigenvalue weighted by Gasteiger charge is -2.19. The van der Waals surface area contributed by atoms with Crippen molar-refractivity contribution in [2.24, 2.45) is 13.0 Å². The van der Waals surface area contributed by atoms with Gasteiger partial charge in [0.2, 0.25) is 0 Å². The van der Waals surface area contributed by atoms with E-state index in [4.69, 9.17) is 0 Å². The molecule has 0 radical (unpaired) electrons. The zero-order valence-corrected chi connectivity index (χ0v) is 14.0. The van der Waals surface area contributed by atoms with Crippen LogP contribution in [0.5, 0.6) is 0 Å². The molecule has 0 aliphatic heterocycles. The van der Waals surface area contributed by atoms with Crippen LogP contribution in [0.2, 0.25) is 0 Å². The van der Waals surface area contributed by atoms with Crippen LogP contribution in [-0.4, -0.2) is 24.5 Å². The molecule has 2 aromatic heterocycles. The first-order chi connectivity index (χ1) is 10.5. The normalized spacial score (nSPS) is 12.8. The Balaban J connectivity index is 2.08. The van der Waals surface area contributed by atoms with E-state index in [0.29, 0.717) is 5.92 Å². The second kappa shape index (κ2) is 7.35. The van der Waals surface area contributed by atoms with Gasteiger partial charge in [-0.2, -0.15) is 10.2 Å². The van der Waals surface area contributed by atoms with Gasteiger partial charge in [-0.15, -0.1) is 6.58 Å². The topological polar surface area (TPSA) is 60.6 Å². The molecule has 2 aromatic rings. The molecule has 6 heteroatoms. The summed E-state index contributed by atoms with van der Waals surface area (Å²) >= 11 is 0. The molecule has 0 amide bonds. The van der Waals surface area contributed by atoms with Crippen molar-refractivity contribution in [3.05, 3.63) is 42.3 Å². The first-order valence-corrected chi connectivity index (χ1v) is 7.72. The van der Waals surface area contributed by atoms with Gasteiger partial charge in [0.25, 0.3) is 0 Å². The molecule has 0 aliphatic carbocycles. The number of allylic oxidation sites excluding steroid dienone is 1. The summed E-state index contributed by atoms with van der Waals surface area (Å²) in [6, 6.07) is 0.189. The first-order valence-electron chi connectivity index (χ1n) is 7.72. The predicted molar refractivity (Wildman–Crippen MR) is 87.2 cm³/mol. The Bertz CT molecular complexity index is 610. The molecule has 0 aliphatic rings. The molecule has 0 aromatic carbocycles. The molecule has 0 unspecified atom stereocenters. The lowest BCUT2D eigenvalue weighted by atomic mass is 10.0. The molecule has 1 atom stereocenters. The summed E-state index contributed by atoms with van der Waals surface area (Å²) in [5, 5.41) is 12.3. The highest BCUT2D eigenvalue weighted by Crippen LogP contribution is 2.20. The minimum Gasteiger partial charge on any atom is -0.303 e. The Morgan fingerprint density at radius 2 is 2.18 bits per heavy atom. The molecular weight excluding hydrogens is 276 g/mol. The molecule has 0 saturated heterocycles. The third kappa shape index (κ3) is 4.04. The average Bonchev–Trinajstić information content (AvgIpc) is 3.01. The van der Waals surface area contributed by atoms with Gasteiger partial charge in [0.1, 0.15) is 12.2 Å². The highest BCUT2D eigenvalue weighted by molar-refractivity contribution is 5.15. The molecule has 0 saturated carbocycles. The van der Waals surface area contributed by atoms with Crippen LogP contribution in [0.25, 0.3) is 0 Å². The maximum Gasteiger partial charge on any atom is 0.143 e. The van der Waals surface area contributed by atoms with Gasteiger partial charge >= 0.3 is 0 Å². The summed E-state index contributed by atoms with van der Waals surface area (Å²) in [4.78, 5) is 4.39. The van der Waals surface area contributed by atoms with Gasteiger partial charge in [-0.1, -0.05) is 19.9 Å². The van der Waals surface area contributed by atoms with E-state index in [1.54, 1.807) is 6.33 Å². The third-order valence-electron chi connectivity index (χ3n) is 3.67. The zero-order valence-electron chi connectivity index (χ0n) is 14.0. The number of nitrogens with zero attached hydrogens (tertiary/aromatic N) is 5. The number of hydrogen-bond acceptors (Lipinski definition) is 4. The highest BCUT2D eigenvalue weighted by atomic mass is 15.3. The predicted octanol–water partition coefficient (Wildman–Crippen LogP) is 2.38. The van der Waals surface area contributed by atoms with Crippen LogP contribution in [0, 0.1) is 12.8 Å². The van der Waals surface area contributed by atoms with Crippen molar-refractivity contribution >= 4 is 0 Å². The molecule has 2 rings (SSSR count). The maximum atomic E-state index is 4.49. The molecule has 2 heterocycles. The lowest BCUT2D eigenvalue weighted by molar-refractivity contribution is 0.400. The Morgan fingerprint density at radius 1 is 1.41 bits per heavy atom. The van der Waals surface area contributed by atoms with Crippen molar-refractivity contribution in [3.63, 3.8) is 0 Å². The summed E-state index contributed by atoms with van der Waals surface area (Å²) < 4.78 is 3.76. The number of rotatable bonds is 8. The zero-order chi connectivity index (χ0) is 16.1. The van der Waals surface area contributed by atoms with Crippen molar-refractivity contribution in [1.82, 2.24) is 29.9 Å².